The molecule has 0 saturated carbocycles. The van der Waals surface area contributed by atoms with Gasteiger partial charge < -0.3 is 9.80 Å². The molecule has 4 rings (SSSR count). The first-order chi connectivity index (χ1) is 16.0. The van der Waals surface area contributed by atoms with Crippen LogP contribution in [-0.4, -0.2) is 46.3 Å². The van der Waals surface area contributed by atoms with E-state index in [4.69, 9.17) is 0 Å². The summed E-state index contributed by atoms with van der Waals surface area (Å²) >= 11 is 1.20. The number of hydrogen-bond donors (Lipinski definition) is 0. The van der Waals surface area contributed by atoms with Gasteiger partial charge in [0.1, 0.15) is 5.82 Å². The third-order valence-corrected chi connectivity index (χ3v) is 6.15. The molecule has 1 aromatic heterocycles. The minimum Gasteiger partial charge on any atom is -0.343 e. The fraction of sp³-hybridized carbons (Fsp3) is 0.318. The van der Waals surface area contributed by atoms with Crippen LogP contribution in [0.2, 0.25) is 0 Å². The van der Waals surface area contributed by atoms with E-state index >= 15 is 0 Å². The van der Waals surface area contributed by atoms with Gasteiger partial charge in [0.05, 0.1) is 11.1 Å². The number of hydrogen-bond acceptors (Lipinski definition) is 5. The third-order valence-electron chi connectivity index (χ3n) is 5.33. The number of benzene rings is 2. The Morgan fingerprint density at radius 3 is 2.03 bits per heavy atom. The van der Waals surface area contributed by atoms with E-state index in [-0.39, 0.29) is 19.2 Å². The quantitative estimate of drug-likeness (QED) is 0.467. The monoisotopic (exact) mass is 500 g/mol. The zero-order valence-electron chi connectivity index (χ0n) is 17.5. The summed E-state index contributed by atoms with van der Waals surface area (Å²) in [5.74, 6) is -0.230. The summed E-state index contributed by atoms with van der Waals surface area (Å²) in [5, 5.41) is 0.649. The molecule has 0 aliphatic carbocycles. The molecule has 12 heteroatoms. The van der Waals surface area contributed by atoms with Crippen molar-refractivity contribution in [2.24, 2.45) is 0 Å². The molecule has 3 aromatic rings. The number of carbonyl (C=O) groups excluding carboxylic acids is 1. The van der Waals surface area contributed by atoms with Crippen LogP contribution >= 0.6 is 11.5 Å². The molecule has 1 amide bonds. The number of amides is 1. The number of aromatic nitrogens is 2. The predicted octanol–water partition coefficient (Wildman–Crippen LogP) is 5.13. The Morgan fingerprint density at radius 2 is 1.47 bits per heavy atom. The number of anilines is 1. The second-order valence-corrected chi connectivity index (χ2v) is 8.46. The maximum Gasteiger partial charge on any atom is 0.416 e. The van der Waals surface area contributed by atoms with E-state index in [0.29, 0.717) is 42.6 Å². The molecule has 0 radical (unpaired) electrons. The Labute approximate surface area is 194 Å². The minimum absolute atomic E-state index is 0.0111. The molecule has 1 aliphatic rings. The van der Waals surface area contributed by atoms with Gasteiger partial charge in [-0.15, -0.1) is 0 Å². The zero-order valence-corrected chi connectivity index (χ0v) is 18.3. The summed E-state index contributed by atoms with van der Waals surface area (Å²) in [5.41, 5.74) is -2.61. The first-order valence-electron chi connectivity index (χ1n) is 10.2. The largest absolute Gasteiger partial charge is 0.416 e. The van der Waals surface area contributed by atoms with E-state index in [1.807, 2.05) is 35.2 Å². The standard InChI is InChI=1S/C22H18F6N4OS/c23-21(24,25)16-11-15(12-17(13-16)22(26,27)28)19(33)31-6-8-32(9-7-31)20-29-18(30-34-20)10-14-4-2-1-3-5-14/h1-5,11-13H,6-10H2. The molecule has 5 nitrogen and oxygen atoms in total. The Morgan fingerprint density at radius 1 is 0.882 bits per heavy atom. The van der Waals surface area contributed by atoms with Gasteiger partial charge in [0.25, 0.3) is 5.91 Å². The molecule has 0 bridgehead atoms. The summed E-state index contributed by atoms with van der Waals surface area (Å²) in [6.07, 6.45) is -9.46. The van der Waals surface area contributed by atoms with Crippen molar-refractivity contribution in [2.75, 3.05) is 31.1 Å². The van der Waals surface area contributed by atoms with Crippen LogP contribution < -0.4 is 4.90 Å². The first kappa shape index (κ1) is 24.0. The van der Waals surface area contributed by atoms with Crippen molar-refractivity contribution in [3.8, 4) is 0 Å². The summed E-state index contributed by atoms with van der Waals surface area (Å²) in [7, 11) is 0. The topological polar surface area (TPSA) is 49.3 Å². The van der Waals surface area contributed by atoms with Crippen LogP contribution in [0.15, 0.2) is 48.5 Å². The molecule has 0 spiro atoms. The number of piperazine rings is 1. The van der Waals surface area contributed by atoms with E-state index in [2.05, 4.69) is 9.36 Å². The van der Waals surface area contributed by atoms with Crippen LogP contribution in [0.5, 0.6) is 0 Å². The highest BCUT2D eigenvalue weighted by Crippen LogP contribution is 2.36. The fourth-order valence-corrected chi connectivity index (χ4v) is 4.32. The summed E-state index contributed by atoms with van der Waals surface area (Å²) in [6, 6.07) is 10.6. The van der Waals surface area contributed by atoms with Gasteiger partial charge in [-0.1, -0.05) is 30.3 Å². The fourth-order valence-electron chi connectivity index (χ4n) is 3.59. The smallest absolute Gasteiger partial charge is 0.343 e. The highest BCUT2D eigenvalue weighted by atomic mass is 32.1. The maximum absolute atomic E-state index is 13.1. The van der Waals surface area contributed by atoms with Crippen molar-refractivity contribution in [3.05, 3.63) is 76.6 Å². The number of rotatable bonds is 4. The highest BCUT2D eigenvalue weighted by Gasteiger charge is 2.38. The Bertz CT molecular complexity index is 1120. The maximum atomic E-state index is 13.1. The van der Waals surface area contributed by atoms with E-state index < -0.39 is 35.0 Å². The number of carbonyl (C=O) groups is 1. The minimum atomic E-state index is -5.01. The summed E-state index contributed by atoms with van der Waals surface area (Å²) in [6.45, 7) is 0.918. The predicted molar refractivity (Wildman–Crippen MR) is 114 cm³/mol. The van der Waals surface area contributed by atoms with Gasteiger partial charge in [0, 0.05) is 49.7 Å². The average molecular weight is 500 g/mol. The molecular formula is C22H18F6N4OS. The molecule has 2 heterocycles. The first-order valence-corrected chi connectivity index (χ1v) is 11.0. The summed E-state index contributed by atoms with van der Waals surface area (Å²) in [4.78, 5) is 20.4. The van der Waals surface area contributed by atoms with Crippen molar-refractivity contribution < 1.29 is 31.1 Å². The second kappa shape index (κ2) is 9.24. The third kappa shape index (κ3) is 5.49. The second-order valence-electron chi connectivity index (χ2n) is 7.73. The van der Waals surface area contributed by atoms with Gasteiger partial charge in [-0.2, -0.15) is 30.7 Å². The van der Waals surface area contributed by atoms with E-state index in [1.54, 1.807) is 0 Å². The molecule has 1 saturated heterocycles. The highest BCUT2D eigenvalue weighted by molar-refractivity contribution is 7.09. The molecule has 1 aliphatic heterocycles. The van der Waals surface area contributed by atoms with E-state index in [1.165, 1.54) is 16.4 Å². The normalized spacial score (nSPS) is 15.0. The molecule has 34 heavy (non-hydrogen) atoms. The van der Waals surface area contributed by atoms with Crippen LogP contribution in [0, 0.1) is 0 Å². The molecule has 1 fully saturated rings. The number of nitrogens with zero attached hydrogens (tertiary/aromatic N) is 4. The van der Waals surface area contributed by atoms with Crippen molar-refractivity contribution in [1.82, 2.24) is 14.3 Å². The molecule has 180 valence electrons. The Kier molecular flexibility index (Phi) is 6.52. The van der Waals surface area contributed by atoms with Crippen molar-refractivity contribution >= 4 is 22.6 Å². The molecule has 2 aromatic carbocycles. The van der Waals surface area contributed by atoms with Gasteiger partial charge in [0.15, 0.2) is 0 Å². The zero-order chi connectivity index (χ0) is 24.5. The van der Waals surface area contributed by atoms with Gasteiger partial charge >= 0.3 is 12.4 Å². The SMILES string of the molecule is O=C(c1cc(C(F)(F)F)cc(C(F)(F)F)c1)N1CCN(c2nc(Cc3ccccc3)ns2)CC1. The van der Waals surface area contributed by atoms with Crippen molar-refractivity contribution in [1.29, 1.82) is 0 Å². The lowest BCUT2D eigenvalue weighted by atomic mass is 10.0. The molecule has 0 N–H and O–H groups in total. The van der Waals surface area contributed by atoms with Crippen LogP contribution in [0.4, 0.5) is 31.5 Å². The lowest BCUT2D eigenvalue weighted by Gasteiger charge is -2.34. The van der Waals surface area contributed by atoms with Gasteiger partial charge in [0.2, 0.25) is 5.13 Å². The van der Waals surface area contributed by atoms with Crippen LogP contribution in [0.25, 0.3) is 0 Å². The Balaban J connectivity index is 1.44. The lowest BCUT2D eigenvalue weighted by molar-refractivity contribution is -0.143. The molecule has 0 unspecified atom stereocenters. The number of halogens is 6. The van der Waals surface area contributed by atoms with Gasteiger partial charge in [-0.05, 0) is 23.8 Å². The van der Waals surface area contributed by atoms with Crippen molar-refractivity contribution in [2.45, 2.75) is 18.8 Å². The molecule has 0 atom stereocenters. The number of alkyl halides is 6. The van der Waals surface area contributed by atoms with E-state index in [0.717, 1.165) is 5.56 Å². The van der Waals surface area contributed by atoms with Crippen LogP contribution in [-0.2, 0) is 18.8 Å². The lowest BCUT2D eigenvalue weighted by Crippen LogP contribution is -2.48. The van der Waals surface area contributed by atoms with Crippen molar-refractivity contribution in [3.63, 3.8) is 0 Å². The summed E-state index contributed by atoms with van der Waals surface area (Å²) < 4.78 is 83.0. The average Bonchev–Trinajstić information content (AvgIpc) is 3.26. The van der Waals surface area contributed by atoms with E-state index in [9.17, 15) is 31.1 Å². The van der Waals surface area contributed by atoms with Gasteiger partial charge in [-0.3, -0.25) is 4.79 Å². The molecular weight excluding hydrogens is 482 g/mol. The van der Waals surface area contributed by atoms with Crippen LogP contribution in [0.1, 0.15) is 32.9 Å². The Hall–Kier alpha value is -3.15. The van der Waals surface area contributed by atoms with Crippen LogP contribution in [0.3, 0.4) is 0 Å². The van der Waals surface area contributed by atoms with Gasteiger partial charge in [-0.25, -0.2) is 4.98 Å².